The van der Waals surface area contributed by atoms with Crippen molar-refractivity contribution in [2.45, 2.75) is 20.5 Å². The van der Waals surface area contributed by atoms with Gasteiger partial charge < -0.3 is 4.74 Å². The van der Waals surface area contributed by atoms with Crippen molar-refractivity contribution in [3.8, 4) is 5.75 Å². The quantitative estimate of drug-likeness (QED) is 0.642. The second kappa shape index (κ2) is 5.06. The van der Waals surface area contributed by atoms with Crippen molar-refractivity contribution in [3.05, 3.63) is 64.5 Å². The van der Waals surface area contributed by atoms with Crippen LogP contribution >= 0.6 is 11.3 Å². The minimum absolute atomic E-state index is 0.641. The number of fused-ring (bicyclic) bond motifs is 1. The largest absolute Gasteiger partial charge is 0.488 e. The highest BCUT2D eigenvalue weighted by Gasteiger charge is 2.04. The SMILES string of the molecule is Cc1ccc(OCc2cc3c(C)cccc3s2)cc1. The lowest BCUT2D eigenvalue weighted by molar-refractivity contribution is 0.310. The van der Waals surface area contributed by atoms with Gasteiger partial charge in [-0.1, -0.05) is 29.8 Å². The van der Waals surface area contributed by atoms with Crippen molar-refractivity contribution in [2.75, 3.05) is 0 Å². The zero-order valence-electron chi connectivity index (χ0n) is 11.1. The fourth-order valence-electron chi connectivity index (χ4n) is 2.12. The van der Waals surface area contributed by atoms with Crippen molar-refractivity contribution in [2.24, 2.45) is 0 Å². The molecule has 0 saturated heterocycles. The van der Waals surface area contributed by atoms with E-state index < -0.39 is 0 Å². The Morgan fingerprint density at radius 3 is 2.53 bits per heavy atom. The summed E-state index contributed by atoms with van der Waals surface area (Å²) >= 11 is 1.81. The van der Waals surface area contributed by atoms with E-state index in [0.29, 0.717) is 6.61 Å². The molecule has 1 heterocycles. The first kappa shape index (κ1) is 12.2. The summed E-state index contributed by atoms with van der Waals surface area (Å²) < 4.78 is 7.16. The van der Waals surface area contributed by atoms with E-state index in [0.717, 1.165) is 5.75 Å². The molecule has 0 atom stereocenters. The third-order valence-electron chi connectivity index (χ3n) is 3.23. The second-order valence-electron chi connectivity index (χ2n) is 4.80. The summed E-state index contributed by atoms with van der Waals surface area (Å²) in [4.78, 5) is 1.27. The molecule has 19 heavy (non-hydrogen) atoms. The fourth-order valence-corrected chi connectivity index (χ4v) is 3.17. The summed E-state index contributed by atoms with van der Waals surface area (Å²) in [5, 5.41) is 1.34. The summed E-state index contributed by atoms with van der Waals surface area (Å²) in [6.45, 7) is 4.88. The van der Waals surface area contributed by atoms with Crippen molar-refractivity contribution in [1.82, 2.24) is 0 Å². The van der Waals surface area contributed by atoms with Crippen molar-refractivity contribution < 1.29 is 4.74 Å². The molecule has 2 heteroatoms. The number of thiophene rings is 1. The molecule has 0 radical (unpaired) electrons. The summed E-state index contributed by atoms with van der Waals surface area (Å²) in [5.74, 6) is 0.930. The highest BCUT2D eigenvalue weighted by Crippen LogP contribution is 2.28. The van der Waals surface area contributed by atoms with Crippen LogP contribution in [0.25, 0.3) is 10.1 Å². The van der Waals surface area contributed by atoms with Gasteiger partial charge in [0, 0.05) is 9.58 Å². The summed E-state index contributed by atoms with van der Waals surface area (Å²) in [6, 6.07) is 16.9. The predicted molar refractivity (Wildman–Crippen MR) is 82.1 cm³/mol. The molecule has 0 saturated carbocycles. The van der Waals surface area contributed by atoms with E-state index in [1.54, 1.807) is 0 Å². The molecule has 0 amide bonds. The molecule has 0 aliphatic rings. The Balaban J connectivity index is 1.78. The van der Waals surface area contributed by atoms with Gasteiger partial charge in [-0.05, 0) is 49.1 Å². The molecule has 0 spiro atoms. The number of hydrogen-bond acceptors (Lipinski definition) is 2. The third kappa shape index (κ3) is 2.64. The van der Waals surface area contributed by atoms with Gasteiger partial charge in [0.25, 0.3) is 0 Å². The molecule has 0 bridgehead atoms. The monoisotopic (exact) mass is 268 g/mol. The van der Waals surface area contributed by atoms with Crippen LogP contribution in [0, 0.1) is 13.8 Å². The minimum Gasteiger partial charge on any atom is -0.488 e. The zero-order valence-corrected chi connectivity index (χ0v) is 12.0. The Labute approximate surface area is 117 Å². The number of benzene rings is 2. The second-order valence-corrected chi connectivity index (χ2v) is 5.97. The summed E-state index contributed by atoms with van der Waals surface area (Å²) in [5.41, 5.74) is 2.58. The van der Waals surface area contributed by atoms with E-state index in [1.807, 2.05) is 23.5 Å². The van der Waals surface area contributed by atoms with Gasteiger partial charge in [0.2, 0.25) is 0 Å². The van der Waals surface area contributed by atoms with E-state index in [1.165, 1.54) is 26.1 Å². The number of aryl methyl sites for hydroxylation is 2. The van der Waals surface area contributed by atoms with Crippen LogP contribution in [0.15, 0.2) is 48.5 Å². The molecule has 96 valence electrons. The Bertz CT molecular complexity index is 695. The fraction of sp³-hybridized carbons (Fsp3) is 0.176. The van der Waals surface area contributed by atoms with Crippen molar-refractivity contribution >= 4 is 21.4 Å². The maximum Gasteiger partial charge on any atom is 0.122 e. The van der Waals surface area contributed by atoms with Crippen LogP contribution in [0.2, 0.25) is 0 Å². The molecule has 0 N–H and O–H groups in total. The van der Waals surface area contributed by atoms with E-state index in [-0.39, 0.29) is 0 Å². The Morgan fingerprint density at radius 2 is 1.79 bits per heavy atom. The van der Waals surface area contributed by atoms with Crippen LogP contribution in [0.4, 0.5) is 0 Å². The average Bonchev–Trinajstić information content (AvgIpc) is 2.83. The van der Waals surface area contributed by atoms with E-state index in [2.05, 4.69) is 50.2 Å². The van der Waals surface area contributed by atoms with Crippen LogP contribution in [0.3, 0.4) is 0 Å². The average molecular weight is 268 g/mol. The van der Waals surface area contributed by atoms with E-state index in [9.17, 15) is 0 Å². The minimum atomic E-state index is 0.641. The molecular weight excluding hydrogens is 252 g/mol. The number of ether oxygens (including phenoxy) is 1. The molecule has 0 aliphatic heterocycles. The maximum absolute atomic E-state index is 5.83. The van der Waals surface area contributed by atoms with Crippen molar-refractivity contribution in [3.63, 3.8) is 0 Å². The van der Waals surface area contributed by atoms with Crippen LogP contribution in [-0.4, -0.2) is 0 Å². The standard InChI is InChI=1S/C17H16OS/c1-12-6-8-14(9-7-12)18-11-15-10-16-13(2)4-3-5-17(16)19-15/h3-10H,11H2,1-2H3. The highest BCUT2D eigenvalue weighted by atomic mass is 32.1. The predicted octanol–water partition coefficient (Wildman–Crippen LogP) is 5.10. The van der Waals surface area contributed by atoms with Gasteiger partial charge in [0.1, 0.15) is 12.4 Å². The normalized spacial score (nSPS) is 10.8. The third-order valence-corrected chi connectivity index (χ3v) is 4.31. The lowest BCUT2D eigenvalue weighted by Gasteiger charge is -2.04. The zero-order chi connectivity index (χ0) is 13.2. The van der Waals surface area contributed by atoms with Gasteiger partial charge in [-0.25, -0.2) is 0 Å². The van der Waals surface area contributed by atoms with Crippen LogP contribution < -0.4 is 4.74 Å². The molecule has 1 aromatic heterocycles. The molecular formula is C17H16OS. The topological polar surface area (TPSA) is 9.23 Å². The Hall–Kier alpha value is -1.80. The van der Waals surface area contributed by atoms with Gasteiger partial charge in [0.15, 0.2) is 0 Å². The smallest absolute Gasteiger partial charge is 0.122 e. The van der Waals surface area contributed by atoms with E-state index in [4.69, 9.17) is 4.74 Å². The van der Waals surface area contributed by atoms with Gasteiger partial charge in [0.05, 0.1) is 0 Å². The maximum atomic E-state index is 5.83. The van der Waals surface area contributed by atoms with Crippen molar-refractivity contribution in [1.29, 1.82) is 0 Å². The number of hydrogen-bond donors (Lipinski definition) is 0. The Kier molecular flexibility index (Phi) is 3.26. The summed E-state index contributed by atoms with van der Waals surface area (Å²) in [6.07, 6.45) is 0. The van der Waals surface area contributed by atoms with Gasteiger partial charge in [-0.3, -0.25) is 0 Å². The molecule has 0 aliphatic carbocycles. The van der Waals surface area contributed by atoms with E-state index >= 15 is 0 Å². The first-order chi connectivity index (χ1) is 9.22. The first-order valence-corrected chi connectivity index (χ1v) is 7.21. The summed E-state index contributed by atoms with van der Waals surface area (Å²) in [7, 11) is 0. The van der Waals surface area contributed by atoms with Crippen LogP contribution in [-0.2, 0) is 6.61 Å². The van der Waals surface area contributed by atoms with Crippen LogP contribution in [0.1, 0.15) is 16.0 Å². The van der Waals surface area contributed by atoms with Gasteiger partial charge >= 0.3 is 0 Å². The van der Waals surface area contributed by atoms with Crippen LogP contribution in [0.5, 0.6) is 5.75 Å². The first-order valence-electron chi connectivity index (χ1n) is 6.40. The Morgan fingerprint density at radius 1 is 1.00 bits per heavy atom. The van der Waals surface area contributed by atoms with Gasteiger partial charge in [-0.2, -0.15) is 0 Å². The highest BCUT2D eigenvalue weighted by molar-refractivity contribution is 7.19. The molecule has 3 rings (SSSR count). The molecule has 1 nitrogen and oxygen atoms in total. The lowest BCUT2D eigenvalue weighted by atomic mass is 10.1. The molecule has 3 aromatic rings. The lowest BCUT2D eigenvalue weighted by Crippen LogP contribution is -1.92. The number of rotatable bonds is 3. The molecule has 0 fully saturated rings. The molecule has 2 aromatic carbocycles. The molecule has 0 unspecified atom stereocenters. The van der Waals surface area contributed by atoms with Gasteiger partial charge in [-0.15, -0.1) is 11.3 Å².